The molecule has 0 saturated carbocycles. The molecule has 1 saturated heterocycles. The van der Waals surface area contributed by atoms with E-state index in [-0.39, 0.29) is 24.2 Å². The molecule has 0 spiro atoms. The highest BCUT2D eigenvalue weighted by Gasteiger charge is 2.46. The molecule has 1 aliphatic rings. The smallest absolute Gasteiger partial charge is 0.263 e. The average Bonchev–Trinajstić information content (AvgIpc) is 3.76. The number of aromatic nitrogens is 6. The molecule has 2 aromatic carbocycles. The first-order chi connectivity index (χ1) is 20.5. The van der Waals surface area contributed by atoms with Crippen LogP contribution in [-0.4, -0.2) is 82.6 Å². The number of imidazole rings is 2. The van der Waals surface area contributed by atoms with Gasteiger partial charge in [0.15, 0.2) is 23.2 Å². The number of carbonyl (C=O) groups is 2. The number of fused-ring (bicyclic) bond motifs is 1. The van der Waals surface area contributed by atoms with Crippen LogP contribution < -0.4 is 5.32 Å². The molecule has 1 amide bonds. The predicted octanol–water partition coefficient (Wildman–Crippen LogP) is 1.84. The first-order valence-corrected chi connectivity index (χ1v) is 13.3. The molecule has 5 aromatic rings. The summed E-state index contributed by atoms with van der Waals surface area (Å²) in [5, 5.41) is 23.5. The number of amides is 1. The van der Waals surface area contributed by atoms with Crippen molar-refractivity contribution in [2.75, 3.05) is 18.5 Å². The minimum absolute atomic E-state index is 0.149. The molecule has 3 N–H and O–H groups in total. The number of nitrogens with one attached hydrogen (secondary N) is 1. The highest BCUT2D eigenvalue weighted by Crippen LogP contribution is 2.34. The number of nitrogens with zero attached hydrogens (tertiary/aromatic N) is 6. The van der Waals surface area contributed by atoms with E-state index in [4.69, 9.17) is 9.47 Å². The molecule has 4 heterocycles. The van der Waals surface area contributed by atoms with Crippen LogP contribution in [0.5, 0.6) is 0 Å². The van der Waals surface area contributed by atoms with E-state index >= 15 is 0 Å². The zero-order valence-electron chi connectivity index (χ0n) is 22.2. The van der Waals surface area contributed by atoms with Crippen molar-refractivity contribution in [2.45, 2.75) is 31.0 Å². The summed E-state index contributed by atoms with van der Waals surface area (Å²) in [6.45, 7) is -0.278. The van der Waals surface area contributed by atoms with E-state index < -0.39 is 31.1 Å². The summed E-state index contributed by atoms with van der Waals surface area (Å²) < 4.78 is 15.0. The second-order valence-corrected chi connectivity index (χ2v) is 9.63. The topological polar surface area (TPSA) is 167 Å². The number of aliphatic hydroxyl groups is 2. The Balaban J connectivity index is 1.17. The first-order valence-electron chi connectivity index (χ1n) is 13.3. The molecule has 42 heavy (non-hydrogen) atoms. The summed E-state index contributed by atoms with van der Waals surface area (Å²) in [6, 6.07) is 17.6. The molecule has 1 fully saturated rings. The Morgan fingerprint density at radius 2 is 1.69 bits per heavy atom. The average molecular weight is 570 g/mol. The van der Waals surface area contributed by atoms with Gasteiger partial charge in [-0.3, -0.25) is 18.7 Å². The first kappa shape index (κ1) is 27.4. The lowest BCUT2D eigenvalue weighted by Gasteiger charge is -2.22. The van der Waals surface area contributed by atoms with Crippen LogP contribution in [0.3, 0.4) is 0 Å². The van der Waals surface area contributed by atoms with Crippen molar-refractivity contribution < 1.29 is 29.3 Å². The minimum Gasteiger partial charge on any atom is -0.394 e. The van der Waals surface area contributed by atoms with Gasteiger partial charge in [0.2, 0.25) is 0 Å². The van der Waals surface area contributed by atoms with Crippen molar-refractivity contribution in [3.8, 4) is 0 Å². The third-order valence-electron chi connectivity index (χ3n) is 6.95. The monoisotopic (exact) mass is 569 g/mol. The van der Waals surface area contributed by atoms with Crippen molar-refractivity contribution >= 4 is 28.8 Å². The maximum absolute atomic E-state index is 12.7. The zero-order chi connectivity index (χ0) is 29.1. The molecular formula is C29H27N7O6. The van der Waals surface area contributed by atoms with Crippen molar-refractivity contribution in [3.05, 3.63) is 103 Å². The van der Waals surface area contributed by atoms with E-state index in [1.165, 1.54) is 23.5 Å². The molecule has 3 aromatic heterocycles. The number of hydrogen-bond donors (Lipinski definition) is 3. The number of carbonyl (C=O) groups excluding carboxylic acids is 2. The second kappa shape index (κ2) is 12.0. The van der Waals surface area contributed by atoms with Crippen molar-refractivity contribution in [1.29, 1.82) is 0 Å². The van der Waals surface area contributed by atoms with Gasteiger partial charge in [-0.25, -0.2) is 19.9 Å². The summed E-state index contributed by atoms with van der Waals surface area (Å²) in [7, 11) is 0. The SMILES string of the molecule is O=C(Nc1ncnc2c1ncn2[C@@H]1O[C@H](CO)[C@@H](O)[C@H]1OCCc1cn(C(=O)c2ccccc2)cn1)c1ccccc1. The third-order valence-corrected chi connectivity index (χ3v) is 6.95. The lowest BCUT2D eigenvalue weighted by Crippen LogP contribution is -2.36. The standard InChI is InChI=1S/C29H27N7O6/c37-14-21-23(38)24(41-12-11-20-13-35(16-32-20)28(40)19-9-5-2-6-10-19)29(42-21)36-17-33-22-25(30-15-31-26(22)36)34-27(39)18-7-3-1-4-8-18/h1-10,13,15-17,21,23-24,29,37-38H,11-12,14H2,(H,30,31,34,39)/t21-,23-,24-,29-/m1/s1. The molecule has 6 rings (SSSR count). The van der Waals surface area contributed by atoms with Gasteiger partial charge in [-0.05, 0) is 24.3 Å². The predicted molar refractivity (Wildman–Crippen MR) is 149 cm³/mol. The van der Waals surface area contributed by atoms with Gasteiger partial charge in [-0.15, -0.1) is 0 Å². The van der Waals surface area contributed by atoms with Crippen molar-refractivity contribution in [3.63, 3.8) is 0 Å². The van der Waals surface area contributed by atoms with E-state index in [1.54, 1.807) is 59.3 Å². The Morgan fingerprint density at radius 3 is 2.43 bits per heavy atom. The molecule has 0 radical (unpaired) electrons. The number of aliphatic hydroxyl groups excluding tert-OH is 2. The van der Waals surface area contributed by atoms with Crippen LogP contribution in [-0.2, 0) is 15.9 Å². The van der Waals surface area contributed by atoms with E-state index in [2.05, 4.69) is 25.3 Å². The van der Waals surface area contributed by atoms with Gasteiger partial charge in [0, 0.05) is 23.7 Å². The van der Waals surface area contributed by atoms with Gasteiger partial charge < -0.3 is 25.0 Å². The summed E-state index contributed by atoms with van der Waals surface area (Å²) in [4.78, 5) is 42.6. The van der Waals surface area contributed by atoms with Crippen LogP contribution in [0.4, 0.5) is 5.82 Å². The van der Waals surface area contributed by atoms with E-state index in [1.807, 2.05) is 12.1 Å². The van der Waals surface area contributed by atoms with Crippen molar-refractivity contribution in [1.82, 2.24) is 29.1 Å². The molecule has 0 unspecified atom stereocenters. The Bertz CT molecular complexity index is 1690. The number of hydrogen-bond acceptors (Lipinski definition) is 10. The Hall–Kier alpha value is -4.82. The number of benzene rings is 2. The summed E-state index contributed by atoms with van der Waals surface area (Å²) in [6.07, 6.45) is 2.39. The summed E-state index contributed by atoms with van der Waals surface area (Å²) in [5.41, 5.74) is 2.29. The van der Waals surface area contributed by atoms with E-state index in [0.29, 0.717) is 34.4 Å². The fourth-order valence-corrected chi connectivity index (χ4v) is 4.81. The Morgan fingerprint density at radius 1 is 0.952 bits per heavy atom. The van der Waals surface area contributed by atoms with Gasteiger partial charge in [0.1, 0.15) is 31.0 Å². The zero-order valence-corrected chi connectivity index (χ0v) is 22.2. The molecule has 4 atom stereocenters. The van der Waals surface area contributed by atoms with Crippen LogP contribution in [0.25, 0.3) is 11.2 Å². The highest BCUT2D eigenvalue weighted by atomic mass is 16.6. The van der Waals surface area contributed by atoms with Crippen LogP contribution in [0.2, 0.25) is 0 Å². The van der Waals surface area contributed by atoms with Gasteiger partial charge in [0.25, 0.3) is 11.8 Å². The van der Waals surface area contributed by atoms with E-state index in [0.717, 1.165) is 0 Å². The number of anilines is 1. The molecule has 13 nitrogen and oxygen atoms in total. The van der Waals surface area contributed by atoms with Gasteiger partial charge >= 0.3 is 0 Å². The highest BCUT2D eigenvalue weighted by molar-refractivity contribution is 6.06. The van der Waals surface area contributed by atoms with Crippen LogP contribution >= 0.6 is 0 Å². The number of ether oxygens (including phenoxy) is 2. The quantitative estimate of drug-likeness (QED) is 0.238. The lowest BCUT2D eigenvalue weighted by atomic mass is 10.1. The fourth-order valence-electron chi connectivity index (χ4n) is 4.81. The maximum Gasteiger partial charge on any atom is 0.263 e. The fraction of sp³-hybridized carbons (Fsp3) is 0.241. The van der Waals surface area contributed by atoms with Crippen LogP contribution in [0.15, 0.2) is 85.8 Å². The summed E-state index contributed by atoms with van der Waals surface area (Å²) in [5.74, 6) is -0.343. The maximum atomic E-state index is 12.7. The largest absolute Gasteiger partial charge is 0.394 e. The van der Waals surface area contributed by atoms with Gasteiger partial charge in [0.05, 0.1) is 25.2 Å². The van der Waals surface area contributed by atoms with Gasteiger partial charge in [-0.2, -0.15) is 0 Å². The minimum atomic E-state index is -1.14. The lowest BCUT2D eigenvalue weighted by molar-refractivity contribution is -0.0699. The molecule has 0 aliphatic carbocycles. The molecular weight excluding hydrogens is 542 g/mol. The molecule has 13 heteroatoms. The molecule has 214 valence electrons. The number of rotatable bonds is 9. The third kappa shape index (κ3) is 5.41. The summed E-state index contributed by atoms with van der Waals surface area (Å²) >= 11 is 0. The second-order valence-electron chi connectivity index (χ2n) is 9.63. The van der Waals surface area contributed by atoms with Crippen molar-refractivity contribution in [2.24, 2.45) is 0 Å². The van der Waals surface area contributed by atoms with Gasteiger partial charge in [-0.1, -0.05) is 36.4 Å². The normalized spacial score (nSPS) is 20.1. The van der Waals surface area contributed by atoms with Crippen LogP contribution in [0.1, 0.15) is 32.6 Å². The van der Waals surface area contributed by atoms with E-state index in [9.17, 15) is 19.8 Å². The van der Waals surface area contributed by atoms with Crippen LogP contribution in [0, 0.1) is 0 Å². The Labute approximate surface area is 239 Å². The molecule has 1 aliphatic heterocycles. The Kier molecular flexibility index (Phi) is 7.79. The molecule has 0 bridgehead atoms.